The van der Waals surface area contributed by atoms with Crippen LogP contribution in [0.5, 0.6) is 0 Å². The van der Waals surface area contributed by atoms with Crippen molar-refractivity contribution in [2.75, 3.05) is 18.5 Å². The van der Waals surface area contributed by atoms with E-state index in [4.69, 9.17) is 25.7 Å². The topological polar surface area (TPSA) is 141 Å². The third kappa shape index (κ3) is 5.45. The van der Waals surface area contributed by atoms with Crippen molar-refractivity contribution in [1.82, 2.24) is 14.5 Å². The van der Waals surface area contributed by atoms with Crippen molar-refractivity contribution in [2.45, 2.75) is 31.7 Å². The summed E-state index contributed by atoms with van der Waals surface area (Å²) in [6.07, 6.45) is 3.49. The highest BCUT2D eigenvalue weighted by atomic mass is 16.7. The van der Waals surface area contributed by atoms with Gasteiger partial charge in [0.25, 0.3) is 0 Å². The normalized spacial score (nSPS) is 14.2. The summed E-state index contributed by atoms with van der Waals surface area (Å²) in [7, 11) is 2.00. The number of nitrogens with zero attached hydrogens (tertiary/aromatic N) is 4. The Morgan fingerprint density at radius 2 is 1.97 bits per heavy atom. The number of nitrogen functional groups attached to an aromatic ring is 1. The minimum absolute atomic E-state index is 0.0444. The number of hydrogen-bond donors (Lipinski definition) is 3. The lowest BCUT2D eigenvalue weighted by molar-refractivity contribution is -0.148. The molecule has 10 heteroatoms. The number of pyridine rings is 1. The molecule has 1 aliphatic rings. The number of benzene rings is 2. The van der Waals surface area contributed by atoms with Crippen LogP contribution in [0.25, 0.3) is 11.0 Å². The number of rotatable bonds is 11. The Balaban J connectivity index is 1.40. The first-order valence-electron chi connectivity index (χ1n) is 12.8. The maximum Gasteiger partial charge on any atom is 0.347 e. The maximum atomic E-state index is 11.8. The second kappa shape index (κ2) is 10.9. The number of oxime groups is 1. The minimum atomic E-state index is -0.461. The average molecular weight is 526 g/mol. The number of amidine groups is 1. The summed E-state index contributed by atoms with van der Waals surface area (Å²) >= 11 is 0. The van der Waals surface area contributed by atoms with Gasteiger partial charge in [0.15, 0.2) is 0 Å². The molecule has 4 aromatic rings. The lowest BCUT2D eigenvalue weighted by Gasteiger charge is -2.18. The van der Waals surface area contributed by atoms with Crippen molar-refractivity contribution in [3.63, 3.8) is 0 Å². The molecule has 1 fully saturated rings. The van der Waals surface area contributed by atoms with E-state index in [0.29, 0.717) is 23.5 Å². The predicted molar refractivity (Wildman–Crippen MR) is 150 cm³/mol. The molecule has 4 N–H and O–H groups in total. The van der Waals surface area contributed by atoms with E-state index in [-0.39, 0.29) is 24.5 Å². The van der Waals surface area contributed by atoms with E-state index in [9.17, 15) is 4.79 Å². The molecule has 0 radical (unpaired) electrons. The molecule has 1 saturated carbocycles. The Labute approximate surface area is 226 Å². The number of anilines is 1. The lowest BCUT2D eigenvalue weighted by Crippen LogP contribution is -2.24. The summed E-state index contributed by atoms with van der Waals surface area (Å²) in [5.74, 6) is 0.472. The van der Waals surface area contributed by atoms with E-state index in [0.717, 1.165) is 41.0 Å². The van der Waals surface area contributed by atoms with Crippen molar-refractivity contribution in [3.05, 3.63) is 89.5 Å². The van der Waals surface area contributed by atoms with Crippen LogP contribution in [0.4, 0.5) is 5.69 Å². The van der Waals surface area contributed by atoms with Gasteiger partial charge < -0.3 is 25.2 Å². The van der Waals surface area contributed by atoms with Gasteiger partial charge in [0.2, 0.25) is 6.61 Å². The number of nitrogens with one attached hydrogen (secondary N) is 2. The third-order valence-corrected chi connectivity index (χ3v) is 6.93. The first-order valence-corrected chi connectivity index (χ1v) is 12.8. The average Bonchev–Trinajstić information content (AvgIpc) is 3.69. The molecule has 0 unspecified atom stereocenters. The SMILES string of the molecule is CCOC(=O)CON=C(c1ccccn1)C1(c2ccc3c(c2)nc(CNc2ccc(C(=N)N)cc2)n3C)CC1. The number of carbonyl (C=O) groups excluding carboxylic acids is 1. The largest absolute Gasteiger partial charge is 0.463 e. The Morgan fingerprint density at radius 3 is 2.64 bits per heavy atom. The third-order valence-electron chi connectivity index (χ3n) is 6.93. The van der Waals surface area contributed by atoms with Crippen LogP contribution in [0.2, 0.25) is 0 Å². The number of fused-ring (bicyclic) bond motifs is 1. The number of imidazole rings is 1. The fraction of sp³-hybridized carbons (Fsp3) is 0.276. The number of carbonyl (C=O) groups is 1. The predicted octanol–water partition coefficient (Wildman–Crippen LogP) is 3.88. The number of hydrogen-bond acceptors (Lipinski definition) is 8. The summed E-state index contributed by atoms with van der Waals surface area (Å²) in [5.41, 5.74) is 11.2. The van der Waals surface area contributed by atoms with Crippen LogP contribution in [0.3, 0.4) is 0 Å². The summed E-state index contributed by atoms with van der Waals surface area (Å²) in [5, 5.41) is 15.3. The van der Waals surface area contributed by atoms with Gasteiger partial charge >= 0.3 is 5.97 Å². The van der Waals surface area contributed by atoms with E-state index in [2.05, 4.69) is 38.2 Å². The Hall–Kier alpha value is -4.73. The zero-order valence-corrected chi connectivity index (χ0v) is 22.0. The second-order valence-electron chi connectivity index (χ2n) is 9.45. The van der Waals surface area contributed by atoms with E-state index >= 15 is 0 Å². The maximum absolute atomic E-state index is 11.8. The first-order chi connectivity index (χ1) is 18.9. The summed E-state index contributed by atoms with van der Waals surface area (Å²) in [6.45, 7) is 2.32. The fourth-order valence-corrected chi connectivity index (χ4v) is 4.68. The van der Waals surface area contributed by atoms with Gasteiger partial charge in [-0.15, -0.1) is 0 Å². The van der Waals surface area contributed by atoms with Gasteiger partial charge in [-0.1, -0.05) is 17.3 Å². The number of esters is 1. The van der Waals surface area contributed by atoms with Gasteiger partial charge in [-0.3, -0.25) is 10.4 Å². The molecule has 2 aromatic carbocycles. The Kier molecular flexibility index (Phi) is 7.27. The molecule has 39 heavy (non-hydrogen) atoms. The second-order valence-corrected chi connectivity index (χ2v) is 9.45. The number of nitrogens with two attached hydrogens (primary N) is 1. The highest BCUT2D eigenvalue weighted by Crippen LogP contribution is 2.51. The van der Waals surface area contributed by atoms with Gasteiger partial charge in [-0.25, -0.2) is 9.78 Å². The summed E-state index contributed by atoms with van der Waals surface area (Å²) in [6, 6.07) is 19.4. The molecule has 0 spiro atoms. The molecule has 10 nitrogen and oxygen atoms in total. The molecule has 0 bridgehead atoms. The highest BCUT2D eigenvalue weighted by Gasteiger charge is 2.50. The molecule has 0 aliphatic heterocycles. The number of aromatic nitrogens is 3. The Morgan fingerprint density at radius 1 is 1.18 bits per heavy atom. The fourth-order valence-electron chi connectivity index (χ4n) is 4.68. The van der Waals surface area contributed by atoms with Crippen LogP contribution < -0.4 is 11.1 Å². The van der Waals surface area contributed by atoms with E-state index in [1.165, 1.54) is 0 Å². The lowest BCUT2D eigenvalue weighted by atomic mass is 9.88. The summed E-state index contributed by atoms with van der Waals surface area (Å²) in [4.78, 5) is 26.7. The molecule has 2 aromatic heterocycles. The molecule has 0 saturated heterocycles. The van der Waals surface area contributed by atoms with Crippen LogP contribution in [0, 0.1) is 5.41 Å². The van der Waals surface area contributed by atoms with Gasteiger partial charge in [0.1, 0.15) is 17.4 Å². The Bertz CT molecular complexity index is 1520. The molecule has 1 aliphatic carbocycles. The molecule has 200 valence electrons. The number of aryl methyl sites for hydroxylation is 1. The van der Waals surface area contributed by atoms with Crippen LogP contribution in [-0.2, 0) is 33.4 Å². The molecule has 5 rings (SSSR count). The van der Waals surface area contributed by atoms with Crippen LogP contribution in [-0.4, -0.2) is 45.3 Å². The summed E-state index contributed by atoms with van der Waals surface area (Å²) < 4.78 is 7.04. The van der Waals surface area contributed by atoms with Crippen molar-refractivity contribution in [1.29, 1.82) is 5.41 Å². The number of ether oxygens (including phenoxy) is 1. The van der Waals surface area contributed by atoms with Gasteiger partial charge in [-0.05, 0) is 73.9 Å². The first kappa shape index (κ1) is 25.9. The molecular formula is C29H31N7O3. The monoisotopic (exact) mass is 525 g/mol. The van der Waals surface area contributed by atoms with E-state index < -0.39 is 5.97 Å². The zero-order chi connectivity index (χ0) is 27.4. The molecule has 0 amide bonds. The molecular weight excluding hydrogens is 494 g/mol. The quantitative estimate of drug-likeness (QED) is 0.117. The van der Waals surface area contributed by atoms with E-state index in [1.54, 1.807) is 13.1 Å². The molecule has 0 atom stereocenters. The van der Waals surface area contributed by atoms with E-state index in [1.807, 2.05) is 49.5 Å². The van der Waals surface area contributed by atoms with Gasteiger partial charge in [-0.2, -0.15) is 0 Å². The van der Waals surface area contributed by atoms with Crippen LogP contribution in [0.1, 0.15) is 42.4 Å². The standard InChI is InChI=1S/C29H31N7O3/c1-3-38-26(37)18-39-35-27(22-6-4-5-15-32-22)29(13-14-29)20-9-12-24-23(16-20)34-25(36(24)2)17-33-21-10-7-19(8-11-21)28(30)31/h4-12,15-16,33H,3,13-14,17-18H2,1-2H3,(H3,30,31). The van der Waals surface area contributed by atoms with Crippen LogP contribution >= 0.6 is 0 Å². The highest BCUT2D eigenvalue weighted by molar-refractivity contribution is 6.09. The van der Waals surface area contributed by atoms with Crippen LogP contribution in [0.15, 0.2) is 72.0 Å². The van der Waals surface area contributed by atoms with Crippen molar-refractivity contribution in [2.24, 2.45) is 17.9 Å². The molecule has 2 heterocycles. The van der Waals surface area contributed by atoms with Gasteiger partial charge in [0.05, 0.1) is 29.9 Å². The smallest absolute Gasteiger partial charge is 0.347 e. The van der Waals surface area contributed by atoms with Crippen molar-refractivity contribution >= 4 is 34.2 Å². The minimum Gasteiger partial charge on any atom is -0.463 e. The zero-order valence-electron chi connectivity index (χ0n) is 22.0. The van der Waals surface area contributed by atoms with Gasteiger partial charge in [0, 0.05) is 29.9 Å². The van der Waals surface area contributed by atoms with Crippen molar-refractivity contribution < 1.29 is 14.4 Å². The van der Waals surface area contributed by atoms with Crippen molar-refractivity contribution in [3.8, 4) is 0 Å².